The van der Waals surface area contributed by atoms with Crippen LogP contribution in [0.5, 0.6) is 0 Å². The van der Waals surface area contributed by atoms with Gasteiger partial charge in [0.25, 0.3) is 0 Å². The SMILES string of the molecule is CC(C)c1nsc(NCCCCn2ccnc2)n1. The Bertz CT molecular complexity index is 449. The number of aryl methyl sites for hydroxylation is 1. The number of rotatable bonds is 7. The summed E-state index contributed by atoms with van der Waals surface area (Å²) in [7, 11) is 0. The van der Waals surface area contributed by atoms with Crippen LogP contribution < -0.4 is 5.32 Å². The quantitative estimate of drug-likeness (QED) is 0.782. The monoisotopic (exact) mass is 265 g/mol. The molecule has 98 valence electrons. The Morgan fingerprint density at radius 1 is 1.39 bits per heavy atom. The molecule has 6 heteroatoms. The zero-order valence-electron chi connectivity index (χ0n) is 10.8. The van der Waals surface area contributed by atoms with Crippen molar-refractivity contribution in [3.8, 4) is 0 Å². The average Bonchev–Trinajstić information content (AvgIpc) is 2.98. The number of nitrogens with zero attached hydrogens (tertiary/aromatic N) is 4. The number of anilines is 1. The summed E-state index contributed by atoms with van der Waals surface area (Å²) in [5, 5.41) is 4.25. The van der Waals surface area contributed by atoms with E-state index in [1.54, 1.807) is 0 Å². The van der Waals surface area contributed by atoms with Crippen LogP contribution in [0.2, 0.25) is 0 Å². The van der Waals surface area contributed by atoms with Crippen molar-refractivity contribution in [2.45, 2.75) is 39.2 Å². The summed E-state index contributed by atoms with van der Waals surface area (Å²) in [4.78, 5) is 8.46. The van der Waals surface area contributed by atoms with Gasteiger partial charge in [0.15, 0.2) is 0 Å². The predicted octanol–water partition coefficient (Wildman–Crippen LogP) is 2.75. The van der Waals surface area contributed by atoms with Crippen LogP contribution in [-0.4, -0.2) is 25.5 Å². The molecular formula is C12H19N5S. The van der Waals surface area contributed by atoms with Crippen molar-refractivity contribution in [3.63, 3.8) is 0 Å². The first-order valence-corrected chi connectivity index (χ1v) is 7.06. The Kier molecular flexibility index (Phi) is 4.69. The number of aromatic nitrogens is 4. The van der Waals surface area contributed by atoms with Gasteiger partial charge in [0.1, 0.15) is 5.82 Å². The molecule has 0 aliphatic carbocycles. The molecule has 0 aliphatic heterocycles. The van der Waals surface area contributed by atoms with Gasteiger partial charge in [-0.15, -0.1) is 0 Å². The highest BCUT2D eigenvalue weighted by atomic mass is 32.1. The second-order valence-corrected chi connectivity index (χ2v) is 5.30. The third-order valence-corrected chi connectivity index (χ3v) is 3.32. The number of nitrogens with one attached hydrogen (secondary N) is 1. The van der Waals surface area contributed by atoms with Crippen molar-refractivity contribution >= 4 is 16.7 Å². The third-order valence-electron chi connectivity index (χ3n) is 2.64. The minimum atomic E-state index is 0.401. The highest BCUT2D eigenvalue weighted by Gasteiger charge is 2.06. The lowest BCUT2D eigenvalue weighted by Gasteiger charge is -2.03. The summed E-state index contributed by atoms with van der Waals surface area (Å²) in [6, 6.07) is 0. The normalized spacial score (nSPS) is 11.1. The first-order chi connectivity index (χ1) is 8.75. The molecule has 0 aromatic carbocycles. The summed E-state index contributed by atoms with van der Waals surface area (Å²) >= 11 is 1.45. The van der Waals surface area contributed by atoms with E-state index in [4.69, 9.17) is 0 Å². The summed E-state index contributed by atoms with van der Waals surface area (Å²) in [6.07, 6.45) is 7.92. The lowest BCUT2D eigenvalue weighted by Crippen LogP contribution is -2.03. The maximum atomic E-state index is 4.44. The van der Waals surface area contributed by atoms with Crippen LogP contribution in [0.4, 0.5) is 5.13 Å². The summed E-state index contributed by atoms with van der Waals surface area (Å²) in [5.74, 6) is 1.33. The van der Waals surface area contributed by atoms with Crippen LogP contribution in [0.25, 0.3) is 0 Å². The molecule has 1 N–H and O–H groups in total. The van der Waals surface area contributed by atoms with Crippen LogP contribution >= 0.6 is 11.5 Å². The van der Waals surface area contributed by atoms with Crippen LogP contribution in [0.1, 0.15) is 38.4 Å². The van der Waals surface area contributed by atoms with Gasteiger partial charge in [0, 0.05) is 42.9 Å². The molecule has 0 radical (unpaired) electrons. The fourth-order valence-corrected chi connectivity index (χ4v) is 2.31. The van der Waals surface area contributed by atoms with E-state index in [2.05, 4.69) is 38.1 Å². The fraction of sp³-hybridized carbons (Fsp3) is 0.583. The first-order valence-electron chi connectivity index (χ1n) is 6.29. The second kappa shape index (κ2) is 6.49. The zero-order chi connectivity index (χ0) is 12.8. The average molecular weight is 265 g/mol. The number of hydrogen-bond donors (Lipinski definition) is 1. The van der Waals surface area contributed by atoms with Gasteiger partial charge in [-0.2, -0.15) is 4.37 Å². The minimum absolute atomic E-state index is 0.401. The van der Waals surface area contributed by atoms with Crippen LogP contribution in [-0.2, 0) is 6.54 Å². The maximum absolute atomic E-state index is 4.44. The van der Waals surface area contributed by atoms with E-state index in [1.165, 1.54) is 11.5 Å². The molecule has 2 heterocycles. The van der Waals surface area contributed by atoms with E-state index in [0.717, 1.165) is 36.9 Å². The van der Waals surface area contributed by atoms with Crippen LogP contribution in [0, 0.1) is 0 Å². The van der Waals surface area contributed by atoms with Gasteiger partial charge in [-0.3, -0.25) is 0 Å². The molecule has 0 atom stereocenters. The number of unbranched alkanes of at least 4 members (excludes halogenated alkanes) is 1. The van der Waals surface area contributed by atoms with Crippen LogP contribution in [0.3, 0.4) is 0 Å². The van der Waals surface area contributed by atoms with Gasteiger partial charge < -0.3 is 9.88 Å². The van der Waals surface area contributed by atoms with E-state index in [9.17, 15) is 0 Å². The lowest BCUT2D eigenvalue weighted by atomic mass is 10.2. The lowest BCUT2D eigenvalue weighted by molar-refractivity contribution is 0.621. The van der Waals surface area contributed by atoms with Gasteiger partial charge in [-0.25, -0.2) is 9.97 Å². The molecule has 2 aromatic heterocycles. The van der Waals surface area contributed by atoms with Crippen molar-refractivity contribution in [1.29, 1.82) is 0 Å². The summed E-state index contributed by atoms with van der Waals surface area (Å²) < 4.78 is 6.41. The Labute approximate surface area is 111 Å². The molecule has 18 heavy (non-hydrogen) atoms. The topological polar surface area (TPSA) is 55.6 Å². The number of imidazole rings is 1. The predicted molar refractivity (Wildman–Crippen MR) is 73.9 cm³/mol. The third kappa shape index (κ3) is 3.80. The molecule has 0 saturated heterocycles. The van der Waals surface area contributed by atoms with Crippen molar-refractivity contribution < 1.29 is 0 Å². The zero-order valence-corrected chi connectivity index (χ0v) is 11.7. The standard InChI is InChI=1S/C12H19N5S/c1-10(2)11-15-12(18-16-11)14-5-3-4-7-17-8-6-13-9-17/h6,8-10H,3-5,7H2,1-2H3,(H,14,15,16). The molecule has 0 unspecified atom stereocenters. The molecule has 0 bridgehead atoms. The summed E-state index contributed by atoms with van der Waals surface area (Å²) in [6.45, 7) is 6.18. The molecule has 2 rings (SSSR count). The molecular weight excluding hydrogens is 246 g/mol. The molecule has 2 aromatic rings. The first kappa shape index (κ1) is 13.0. The largest absolute Gasteiger partial charge is 0.360 e. The van der Waals surface area contributed by atoms with Gasteiger partial charge >= 0.3 is 0 Å². The smallest absolute Gasteiger partial charge is 0.202 e. The molecule has 0 fully saturated rings. The van der Waals surface area contributed by atoms with Crippen molar-refractivity contribution in [2.75, 3.05) is 11.9 Å². The summed E-state index contributed by atoms with van der Waals surface area (Å²) in [5.41, 5.74) is 0. The minimum Gasteiger partial charge on any atom is -0.360 e. The molecule has 5 nitrogen and oxygen atoms in total. The van der Waals surface area contributed by atoms with Gasteiger partial charge in [-0.1, -0.05) is 13.8 Å². The van der Waals surface area contributed by atoms with E-state index >= 15 is 0 Å². The molecule has 0 amide bonds. The highest BCUT2D eigenvalue weighted by molar-refractivity contribution is 7.09. The Morgan fingerprint density at radius 3 is 2.94 bits per heavy atom. The maximum Gasteiger partial charge on any atom is 0.202 e. The Morgan fingerprint density at radius 2 is 2.28 bits per heavy atom. The van der Waals surface area contributed by atoms with Crippen molar-refractivity contribution in [1.82, 2.24) is 18.9 Å². The van der Waals surface area contributed by atoms with E-state index < -0.39 is 0 Å². The van der Waals surface area contributed by atoms with E-state index in [1.807, 2.05) is 18.7 Å². The van der Waals surface area contributed by atoms with Crippen LogP contribution in [0.15, 0.2) is 18.7 Å². The molecule has 0 spiro atoms. The van der Waals surface area contributed by atoms with Gasteiger partial charge in [0.2, 0.25) is 5.13 Å². The van der Waals surface area contributed by atoms with E-state index in [-0.39, 0.29) is 0 Å². The van der Waals surface area contributed by atoms with Gasteiger partial charge in [-0.05, 0) is 12.8 Å². The Balaban J connectivity index is 1.62. The molecule has 0 saturated carbocycles. The van der Waals surface area contributed by atoms with Crippen molar-refractivity contribution in [2.24, 2.45) is 0 Å². The van der Waals surface area contributed by atoms with Gasteiger partial charge in [0.05, 0.1) is 6.33 Å². The van der Waals surface area contributed by atoms with Crippen molar-refractivity contribution in [3.05, 3.63) is 24.5 Å². The number of hydrogen-bond acceptors (Lipinski definition) is 5. The Hall–Kier alpha value is -1.43. The highest BCUT2D eigenvalue weighted by Crippen LogP contribution is 2.17. The fourth-order valence-electron chi connectivity index (χ4n) is 1.57. The molecule has 0 aliphatic rings. The van der Waals surface area contributed by atoms with E-state index in [0.29, 0.717) is 5.92 Å². The second-order valence-electron chi connectivity index (χ2n) is 4.55.